The fraction of sp³-hybridized carbons (Fsp3) is 0.167. The second-order valence-corrected chi connectivity index (χ2v) is 7.14. The number of aromatic nitrogens is 1. The average Bonchev–Trinajstić information content (AvgIpc) is 3.17. The van der Waals surface area contributed by atoms with Gasteiger partial charge in [-0.3, -0.25) is 4.79 Å². The SMILES string of the molecule is COc1ccccc1C(=O)Nc1cccc(-c2nc3cc(C(C)C)ccc3o2)c1. The zero-order valence-corrected chi connectivity index (χ0v) is 16.6. The van der Waals surface area contributed by atoms with Crippen molar-refractivity contribution in [3.8, 4) is 17.2 Å². The van der Waals surface area contributed by atoms with Crippen LogP contribution < -0.4 is 10.1 Å². The standard InChI is InChI=1S/C24H22N2O3/c1-15(2)16-11-12-22-20(14-16)26-24(29-22)17-7-6-8-18(13-17)25-23(27)19-9-4-5-10-21(19)28-3/h4-15H,1-3H3,(H,25,27). The van der Waals surface area contributed by atoms with Gasteiger partial charge in [0, 0.05) is 11.3 Å². The number of amides is 1. The van der Waals surface area contributed by atoms with E-state index in [4.69, 9.17) is 9.15 Å². The average molecular weight is 386 g/mol. The Morgan fingerprint density at radius 1 is 1.03 bits per heavy atom. The number of hydrogen-bond donors (Lipinski definition) is 1. The van der Waals surface area contributed by atoms with E-state index in [1.165, 1.54) is 5.56 Å². The number of nitrogens with zero attached hydrogens (tertiary/aromatic N) is 1. The van der Waals surface area contributed by atoms with Gasteiger partial charge in [-0.25, -0.2) is 4.98 Å². The Bertz CT molecular complexity index is 1180. The number of fused-ring (bicyclic) bond motifs is 1. The summed E-state index contributed by atoms with van der Waals surface area (Å²) in [5.74, 6) is 1.24. The third-order valence-corrected chi connectivity index (χ3v) is 4.80. The lowest BCUT2D eigenvalue weighted by atomic mass is 10.0. The van der Waals surface area contributed by atoms with E-state index in [0.717, 1.165) is 16.7 Å². The van der Waals surface area contributed by atoms with Crippen molar-refractivity contribution in [2.24, 2.45) is 0 Å². The summed E-state index contributed by atoms with van der Waals surface area (Å²) in [5, 5.41) is 2.91. The molecule has 1 N–H and O–H groups in total. The number of benzene rings is 3. The molecule has 4 aromatic rings. The molecule has 0 bridgehead atoms. The normalized spacial score (nSPS) is 11.0. The molecule has 5 heteroatoms. The van der Waals surface area contributed by atoms with Crippen molar-refractivity contribution >= 4 is 22.7 Å². The van der Waals surface area contributed by atoms with Gasteiger partial charge in [0.15, 0.2) is 5.58 Å². The second kappa shape index (κ2) is 7.80. The maximum Gasteiger partial charge on any atom is 0.259 e. The molecule has 1 amide bonds. The second-order valence-electron chi connectivity index (χ2n) is 7.14. The van der Waals surface area contributed by atoms with Gasteiger partial charge in [0.25, 0.3) is 5.91 Å². The van der Waals surface area contributed by atoms with Crippen LogP contribution in [0.1, 0.15) is 35.7 Å². The van der Waals surface area contributed by atoms with Crippen LogP contribution in [-0.2, 0) is 0 Å². The van der Waals surface area contributed by atoms with Crippen molar-refractivity contribution in [2.45, 2.75) is 19.8 Å². The summed E-state index contributed by atoms with van der Waals surface area (Å²) in [6, 6.07) is 20.6. The van der Waals surface area contributed by atoms with Crippen LogP contribution in [0.3, 0.4) is 0 Å². The first kappa shape index (κ1) is 18.7. The fourth-order valence-corrected chi connectivity index (χ4v) is 3.19. The molecule has 0 radical (unpaired) electrons. The van der Waals surface area contributed by atoms with Crippen molar-refractivity contribution in [1.82, 2.24) is 4.98 Å². The van der Waals surface area contributed by atoms with Gasteiger partial charge in [-0.1, -0.05) is 38.1 Å². The zero-order chi connectivity index (χ0) is 20.4. The number of methoxy groups -OCH3 is 1. The van der Waals surface area contributed by atoms with E-state index in [0.29, 0.717) is 28.8 Å². The smallest absolute Gasteiger partial charge is 0.259 e. The molecule has 0 saturated carbocycles. The zero-order valence-electron chi connectivity index (χ0n) is 16.6. The number of carbonyl (C=O) groups is 1. The third kappa shape index (κ3) is 3.85. The maximum atomic E-state index is 12.7. The minimum Gasteiger partial charge on any atom is -0.496 e. The molecule has 1 heterocycles. The monoisotopic (exact) mass is 386 g/mol. The number of hydrogen-bond acceptors (Lipinski definition) is 4. The number of ether oxygens (including phenoxy) is 1. The molecule has 0 aliphatic rings. The summed E-state index contributed by atoms with van der Waals surface area (Å²) in [6.45, 7) is 4.30. The van der Waals surface area contributed by atoms with Crippen LogP contribution in [0, 0.1) is 0 Å². The highest BCUT2D eigenvalue weighted by atomic mass is 16.5. The van der Waals surface area contributed by atoms with Crippen LogP contribution in [0.15, 0.2) is 71.1 Å². The lowest BCUT2D eigenvalue weighted by Gasteiger charge is -2.09. The Morgan fingerprint density at radius 3 is 2.66 bits per heavy atom. The number of oxazole rings is 1. The minimum atomic E-state index is -0.237. The topological polar surface area (TPSA) is 64.4 Å². The van der Waals surface area contributed by atoms with E-state index in [1.807, 2.05) is 36.4 Å². The van der Waals surface area contributed by atoms with E-state index in [-0.39, 0.29) is 5.91 Å². The van der Waals surface area contributed by atoms with Crippen LogP contribution in [0.25, 0.3) is 22.6 Å². The van der Waals surface area contributed by atoms with Gasteiger partial charge in [-0.2, -0.15) is 0 Å². The molecule has 4 rings (SSSR count). The molecule has 3 aromatic carbocycles. The molecule has 29 heavy (non-hydrogen) atoms. The molecule has 0 aliphatic heterocycles. The number of para-hydroxylation sites is 1. The van der Waals surface area contributed by atoms with Crippen LogP contribution >= 0.6 is 0 Å². The molecule has 0 saturated heterocycles. The Morgan fingerprint density at radius 2 is 1.86 bits per heavy atom. The van der Waals surface area contributed by atoms with Crippen LogP contribution in [0.5, 0.6) is 5.75 Å². The fourth-order valence-electron chi connectivity index (χ4n) is 3.19. The van der Waals surface area contributed by atoms with Gasteiger partial charge in [-0.05, 0) is 53.9 Å². The van der Waals surface area contributed by atoms with Crippen molar-refractivity contribution in [3.05, 3.63) is 77.9 Å². The Balaban J connectivity index is 1.62. The van der Waals surface area contributed by atoms with Crippen LogP contribution in [-0.4, -0.2) is 18.0 Å². The Kier molecular flexibility index (Phi) is 5.04. The van der Waals surface area contributed by atoms with Crippen molar-refractivity contribution in [1.29, 1.82) is 0 Å². The first-order valence-corrected chi connectivity index (χ1v) is 9.50. The summed E-state index contributed by atoms with van der Waals surface area (Å²) >= 11 is 0. The van der Waals surface area contributed by atoms with E-state index in [1.54, 1.807) is 25.3 Å². The number of rotatable bonds is 5. The third-order valence-electron chi connectivity index (χ3n) is 4.80. The van der Waals surface area contributed by atoms with Crippen molar-refractivity contribution in [3.63, 3.8) is 0 Å². The Hall–Kier alpha value is -3.60. The molecular formula is C24H22N2O3. The largest absolute Gasteiger partial charge is 0.496 e. The van der Waals surface area contributed by atoms with E-state index < -0.39 is 0 Å². The number of anilines is 1. The van der Waals surface area contributed by atoms with Crippen LogP contribution in [0.2, 0.25) is 0 Å². The predicted octanol–water partition coefficient (Wildman–Crippen LogP) is 5.88. The van der Waals surface area contributed by atoms with Gasteiger partial charge in [0.2, 0.25) is 5.89 Å². The summed E-state index contributed by atoms with van der Waals surface area (Å²) in [4.78, 5) is 17.3. The summed E-state index contributed by atoms with van der Waals surface area (Å²) in [7, 11) is 1.55. The first-order chi connectivity index (χ1) is 14.0. The molecular weight excluding hydrogens is 364 g/mol. The molecule has 0 atom stereocenters. The lowest BCUT2D eigenvalue weighted by molar-refractivity contribution is 0.102. The first-order valence-electron chi connectivity index (χ1n) is 9.50. The highest BCUT2D eigenvalue weighted by molar-refractivity contribution is 6.06. The molecule has 0 fully saturated rings. The Labute approximate surface area is 169 Å². The highest BCUT2D eigenvalue weighted by Gasteiger charge is 2.14. The summed E-state index contributed by atoms with van der Waals surface area (Å²) in [5.41, 5.74) is 4.72. The van der Waals surface area contributed by atoms with E-state index >= 15 is 0 Å². The van der Waals surface area contributed by atoms with Gasteiger partial charge in [-0.15, -0.1) is 0 Å². The van der Waals surface area contributed by atoms with Gasteiger partial charge >= 0.3 is 0 Å². The molecule has 0 aliphatic carbocycles. The molecule has 5 nitrogen and oxygen atoms in total. The molecule has 0 unspecified atom stereocenters. The molecule has 1 aromatic heterocycles. The highest BCUT2D eigenvalue weighted by Crippen LogP contribution is 2.28. The quantitative estimate of drug-likeness (QED) is 0.465. The molecule has 146 valence electrons. The predicted molar refractivity (Wildman–Crippen MR) is 114 cm³/mol. The molecule has 0 spiro atoms. The van der Waals surface area contributed by atoms with Gasteiger partial charge in [0.05, 0.1) is 12.7 Å². The van der Waals surface area contributed by atoms with E-state index in [9.17, 15) is 4.79 Å². The van der Waals surface area contributed by atoms with Gasteiger partial charge < -0.3 is 14.5 Å². The minimum absolute atomic E-state index is 0.237. The van der Waals surface area contributed by atoms with Crippen molar-refractivity contribution < 1.29 is 13.9 Å². The maximum absolute atomic E-state index is 12.7. The van der Waals surface area contributed by atoms with E-state index in [2.05, 4.69) is 36.3 Å². The van der Waals surface area contributed by atoms with Crippen molar-refractivity contribution in [2.75, 3.05) is 12.4 Å². The summed E-state index contributed by atoms with van der Waals surface area (Å²) in [6.07, 6.45) is 0. The van der Waals surface area contributed by atoms with Gasteiger partial charge in [0.1, 0.15) is 11.3 Å². The number of carbonyl (C=O) groups excluding carboxylic acids is 1. The van der Waals surface area contributed by atoms with Crippen LogP contribution in [0.4, 0.5) is 5.69 Å². The summed E-state index contributed by atoms with van der Waals surface area (Å²) < 4.78 is 11.2. The lowest BCUT2D eigenvalue weighted by Crippen LogP contribution is -2.13. The number of nitrogens with one attached hydrogen (secondary N) is 1.